The standard InChI is InChI=1S/C53H92NO7P/c1-6-8-10-12-14-16-18-20-22-23-24-25-26-27-28-29-30-31-32-34-36-38-40-42-44-46-53(55)61-52(51-60-62(56,57)59-49-47-54(3,4)5)50-58-48-45-43-41-39-37-35-33-21-19-17-15-13-11-9-7-2/h8,10,14,16,19-22,24-25,27-28,30-31,34,36,52H,6-7,9,11-13,15,17-18,23,26,29,32-33,35,37-51H2,1-5H3/p+1/b10-8-,16-14-,21-19-,22-20-,25-24-,28-27-,31-30-,36-34-. The van der Waals surface area contributed by atoms with E-state index >= 15 is 0 Å². The van der Waals surface area contributed by atoms with Gasteiger partial charge in [-0.1, -0.05) is 169 Å². The number of phosphoric ester groups is 1. The Morgan fingerprint density at radius 2 is 0.935 bits per heavy atom. The molecule has 0 bridgehead atoms. The fourth-order valence-corrected chi connectivity index (χ4v) is 6.86. The first-order chi connectivity index (χ1) is 30.1. The number of hydrogen-bond donors (Lipinski definition) is 1. The lowest BCUT2D eigenvalue weighted by atomic mass is 10.1. The summed E-state index contributed by atoms with van der Waals surface area (Å²) in [5.41, 5.74) is 0. The van der Waals surface area contributed by atoms with E-state index in [0.29, 0.717) is 17.6 Å². The van der Waals surface area contributed by atoms with Crippen molar-refractivity contribution in [3.63, 3.8) is 0 Å². The monoisotopic (exact) mass is 887 g/mol. The van der Waals surface area contributed by atoms with Gasteiger partial charge in [-0.15, -0.1) is 0 Å². The van der Waals surface area contributed by atoms with Gasteiger partial charge in [-0.2, -0.15) is 0 Å². The molecule has 0 radical (unpaired) electrons. The Morgan fingerprint density at radius 1 is 0.516 bits per heavy atom. The molecule has 0 aromatic rings. The maximum absolute atomic E-state index is 12.7. The van der Waals surface area contributed by atoms with Gasteiger partial charge >= 0.3 is 13.8 Å². The Balaban J connectivity index is 4.28. The molecule has 9 heteroatoms. The quantitative estimate of drug-likeness (QED) is 0.0214. The van der Waals surface area contributed by atoms with Crippen LogP contribution in [-0.4, -0.2) is 75.6 Å². The Morgan fingerprint density at radius 3 is 1.42 bits per heavy atom. The van der Waals surface area contributed by atoms with E-state index in [1.807, 2.05) is 21.1 Å². The van der Waals surface area contributed by atoms with Crippen LogP contribution in [0, 0.1) is 0 Å². The largest absolute Gasteiger partial charge is 0.472 e. The van der Waals surface area contributed by atoms with Crippen LogP contribution in [0.1, 0.15) is 174 Å². The number of quaternary nitrogens is 1. The molecule has 356 valence electrons. The number of carbonyl (C=O) groups excluding carboxylic acids is 1. The number of unbranched alkanes of at least 4 members (excludes halogenated alkanes) is 14. The number of nitrogens with zero attached hydrogens (tertiary/aromatic N) is 1. The molecule has 0 rings (SSSR count). The molecule has 0 amide bonds. The van der Waals surface area contributed by atoms with Crippen molar-refractivity contribution < 1.29 is 37.3 Å². The Kier molecular flexibility index (Phi) is 43.1. The first-order valence-electron chi connectivity index (χ1n) is 24.5. The predicted octanol–water partition coefficient (Wildman–Crippen LogP) is 15.0. The van der Waals surface area contributed by atoms with E-state index in [9.17, 15) is 14.3 Å². The van der Waals surface area contributed by atoms with Crippen LogP contribution in [0.5, 0.6) is 0 Å². The minimum Gasteiger partial charge on any atom is -0.457 e. The molecule has 0 aromatic carbocycles. The highest BCUT2D eigenvalue weighted by atomic mass is 31.2. The highest BCUT2D eigenvalue weighted by Gasteiger charge is 2.26. The van der Waals surface area contributed by atoms with Gasteiger partial charge in [0, 0.05) is 13.0 Å². The van der Waals surface area contributed by atoms with Crippen LogP contribution in [0.4, 0.5) is 0 Å². The number of carbonyl (C=O) groups is 1. The molecule has 0 spiro atoms. The molecule has 0 fully saturated rings. The van der Waals surface area contributed by atoms with E-state index in [1.54, 1.807) is 0 Å². The first-order valence-corrected chi connectivity index (χ1v) is 26.0. The molecule has 0 saturated heterocycles. The van der Waals surface area contributed by atoms with E-state index in [-0.39, 0.29) is 32.2 Å². The van der Waals surface area contributed by atoms with Crippen molar-refractivity contribution in [1.82, 2.24) is 0 Å². The highest BCUT2D eigenvalue weighted by molar-refractivity contribution is 7.47. The molecule has 0 aromatic heterocycles. The molecule has 0 heterocycles. The van der Waals surface area contributed by atoms with Gasteiger partial charge < -0.3 is 18.9 Å². The second kappa shape index (κ2) is 45.0. The summed E-state index contributed by atoms with van der Waals surface area (Å²) in [4.78, 5) is 23.0. The van der Waals surface area contributed by atoms with Crippen LogP contribution in [0.25, 0.3) is 0 Å². The number of rotatable bonds is 44. The van der Waals surface area contributed by atoms with Crippen molar-refractivity contribution in [2.24, 2.45) is 0 Å². The zero-order valence-corrected chi connectivity index (χ0v) is 41.2. The van der Waals surface area contributed by atoms with Gasteiger partial charge in [-0.05, 0) is 96.3 Å². The summed E-state index contributed by atoms with van der Waals surface area (Å²) in [6.45, 7) is 5.42. The minimum atomic E-state index is -4.30. The summed E-state index contributed by atoms with van der Waals surface area (Å²) in [5, 5.41) is 0. The van der Waals surface area contributed by atoms with Gasteiger partial charge in [0.15, 0.2) is 0 Å². The smallest absolute Gasteiger partial charge is 0.457 e. The number of ether oxygens (including phenoxy) is 2. The second-order valence-electron chi connectivity index (χ2n) is 17.1. The zero-order chi connectivity index (χ0) is 45.5. The van der Waals surface area contributed by atoms with E-state index in [1.165, 1.54) is 70.6 Å². The number of likely N-dealkylation sites (N-methyl/N-ethyl adjacent to an activating group) is 1. The fourth-order valence-electron chi connectivity index (χ4n) is 6.11. The Hall–Kier alpha value is -2.58. The molecule has 0 aliphatic carbocycles. The molecular weight excluding hydrogens is 794 g/mol. The second-order valence-corrected chi connectivity index (χ2v) is 18.6. The Bertz CT molecular complexity index is 1310. The normalized spacial score (nSPS) is 14.5. The van der Waals surface area contributed by atoms with Crippen molar-refractivity contribution in [3.05, 3.63) is 97.2 Å². The Labute approximate surface area is 381 Å². The topological polar surface area (TPSA) is 91.3 Å². The molecule has 0 saturated carbocycles. The van der Waals surface area contributed by atoms with Crippen LogP contribution in [0.15, 0.2) is 97.2 Å². The average Bonchev–Trinajstić information content (AvgIpc) is 3.23. The lowest BCUT2D eigenvalue weighted by Gasteiger charge is -2.24. The number of hydrogen-bond acceptors (Lipinski definition) is 6. The molecule has 2 unspecified atom stereocenters. The van der Waals surface area contributed by atoms with Crippen LogP contribution in [-0.2, 0) is 27.9 Å². The van der Waals surface area contributed by atoms with E-state index in [0.717, 1.165) is 83.5 Å². The van der Waals surface area contributed by atoms with Gasteiger partial charge in [0.1, 0.15) is 19.3 Å². The summed E-state index contributed by atoms with van der Waals surface area (Å²) in [5.74, 6) is -0.351. The van der Waals surface area contributed by atoms with Crippen LogP contribution in [0.2, 0.25) is 0 Å². The molecule has 8 nitrogen and oxygen atoms in total. The van der Waals surface area contributed by atoms with Crippen LogP contribution < -0.4 is 0 Å². The SMILES string of the molecule is CC/C=C\C/C=C\C/C=C\C/C=C\C/C=C\C/C=C\C/C=C\CCCCCC(=O)OC(COCCCCCCCC/C=C\CCCCCCC)COP(=O)(O)OCC[N+](C)(C)C. The number of phosphoric acid groups is 1. The van der Waals surface area contributed by atoms with Gasteiger partial charge in [-0.3, -0.25) is 13.8 Å². The third kappa shape index (κ3) is 48.5. The summed E-state index contributed by atoms with van der Waals surface area (Å²) in [7, 11) is 1.62. The molecule has 62 heavy (non-hydrogen) atoms. The first kappa shape index (κ1) is 59.4. The van der Waals surface area contributed by atoms with Crippen molar-refractivity contribution in [2.45, 2.75) is 180 Å². The third-order valence-electron chi connectivity index (χ3n) is 9.88. The van der Waals surface area contributed by atoms with Gasteiger partial charge in [0.25, 0.3) is 0 Å². The molecule has 2 atom stereocenters. The van der Waals surface area contributed by atoms with E-state index in [4.69, 9.17) is 18.5 Å². The van der Waals surface area contributed by atoms with Crippen LogP contribution in [0.3, 0.4) is 0 Å². The molecular formula is C53H93NO7P+. The number of esters is 1. The summed E-state index contributed by atoms with van der Waals surface area (Å²) >= 11 is 0. The molecule has 0 aliphatic rings. The lowest BCUT2D eigenvalue weighted by Crippen LogP contribution is -2.37. The van der Waals surface area contributed by atoms with Crippen molar-refractivity contribution in [1.29, 1.82) is 0 Å². The highest BCUT2D eigenvalue weighted by Crippen LogP contribution is 2.43. The van der Waals surface area contributed by atoms with Crippen LogP contribution >= 0.6 is 7.82 Å². The number of allylic oxidation sites excluding steroid dienone is 16. The summed E-state index contributed by atoms with van der Waals surface area (Å²) in [6, 6.07) is 0. The predicted molar refractivity (Wildman–Crippen MR) is 265 cm³/mol. The maximum atomic E-state index is 12.7. The average molecular weight is 887 g/mol. The lowest BCUT2D eigenvalue weighted by molar-refractivity contribution is -0.870. The van der Waals surface area contributed by atoms with Gasteiger partial charge in [0.2, 0.25) is 0 Å². The summed E-state index contributed by atoms with van der Waals surface area (Å²) in [6.07, 6.45) is 61.6. The maximum Gasteiger partial charge on any atom is 0.472 e. The van der Waals surface area contributed by atoms with E-state index in [2.05, 4.69) is 111 Å². The van der Waals surface area contributed by atoms with E-state index < -0.39 is 13.9 Å². The zero-order valence-electron chi connectivity index (χ0n) is 40.3. The van der Waals surface area contributed by atoms with Gasteiger partial charge in [0.05, 0.1) is 34.4 Å². The van der Waals surface area contributed by atoms with Crippen molar-refractivity contribution >= 4 is 13.8 Å². The third-order valence-corrected chi connectivity index (χ3v) is 10.9. The minimum absolute atomic E-state index is 0.0752. The molecule has 0 aliphatic heterocycles. The van der Waals surface area contributed by atoms with Crippen molar-refractivity contribution in [3.8, 4) is 0 Å². The summed E-state index contributed by atoms with van der Waals surface area (Å²) < 4.78 is 35.0. The van der Waals surface area contributed by atoms with Crippen molar-refractivity contribution in [2.75, 3.05) is 54.1 Å². The fraction of sp³-hybridized carbons (Fsp3) is 0.679. The molecule has 1 N–H and O–H groups in total. The van der Waals surface area contributed by atoms with Gasteiger partial charge in [-0.25, -0.2) is 4.57 Å².